The van der Waals surface area contributed by atoms with Crippen molar-refractivity contribution in [1.29, 1.82) is 0 Å². The van der Waals surface area contributed by atoms with Crippen LogP contribution < -0.4 is 16.1 Å². The number of anilines is 1. The molecule has 148 valence electrons. The van der Waals surface area contributed by atoms with E-state index >= 15 is 4.39 Å². The number of benzene rings is 1. The molecule has 3 N–H and O–H groups in total. The first-order chi connectivity index (χ1) is 13.3. The van der Waals surface area contributed by atoms with Gasteiger partial charge in [-0.2, -0.15) is 0 Å². The van der Waals surface area contributed by atoms with Gasteiger partial charge in [-0.25, -0.2) is 13.6 Å². The SMILES string of the molecule is NC12CCCC1CN(c1c(F)cc3c(=O)c(C(=O)O)cn(C4CC4)c3c1F)C2. The molecule has 2 atom stereocenters. The fourth-order valence-corrected chi connectivity index (χ4v) is 5.02. The molecule has 8 heteroatoms. The van der Waals surface area contributed by atoms with Crippen molar-refractivity contribution in [2.45, 2.75) is 43.7 Å². The van der Waals surface area contributed by atoms with E-state index in [0.29, 0.717) is 13.1 Å². The van der Waals surface area contributed by atoms with Crippen molar-refractivity contribution >= 4 is 22.6 Å². The van der Waals surface area contributed by atoms with Crippen molar-refractivity contribution in [2.75, 3.05) is 18.0 Å². The van der Waals surface area contributed by atoms with E-state index in [1.807, 2.05) is 0 Å². The average molecular weight is 389 g/mol. The van der Waals surface area contributed by atoms with E-state index in [0.717, 1.165) is 38.2 Å². The molecular weight excluding hydrogens is 368 g/mol. The summed E-state index contributed by atoms with van der Waals surface area (Å²) in [6, 6.07) is 0.909. The summed E-state index contributed by atoms with van der Waals surface area (Å²) < 4.78 is 32.1. The van der Waals surface area contributed by atoms with Crippen LogP contribution >= 0.6 is 0 Å². The van der Waals surface area contributed by atoms with Gasteiger partial charge in [0.1, 0.15) is 17.1 Å². The zero-order chi connectivity index (χ0) is 19.8. The van der Waals surface area contributed by atoms with Gasteiger partial charge in [-0.3, -0.25) is 4.79 Å². The molecule has 6 nitrogen and oxygen atoms in total. The fourth-order valence-electron chi connectivity index (χ4n) is 5.02. The Bertz CT molecular complexity index is 1080. The summed E-state index contributed by atoms with van der Waals surface area (Å²) in [6.45, 7) is 0.856. The van der Waals surface area contributed by atoms with Gasteiger partial charge in [-0.05, 0) is 37.7 Å². The molecule has 1 aliphatic heterocycles. The van der Waals surface area contributed by atoms with Crippen LogP contribution in [0.4, 0.5) is 14.5 Å². The molecule has 1 aromatic carbocycles. The standard InChI is InChI=1S/C20H21F2N3O3/c21-14-6-12-16(25(11-3-4-11)8-13(18(12)26)19(27)28)15(22)17(14)24-7-10-2-1-5-20(10,23)9-24/h6,8,10-11H,1-5,7,9,23H2,(H,27,28). The van der Waals surface area contributed by atoms with Crippen molar-refractivity contribution in [3.8, 4) is 0 Å². The summed E-state index contributed by atoms with van der Waals surface area (Å²) in [5, 5.41) is 9.09. The molecule has 2 aromatic rings. The lowest BCUT2D eigenvalue weighted by Crippen LogP contribution is -2.44. The number of nitrogens with two attached hydrogens (primary N) is 1. The number of fused-ring (bicyclic) bond motifs is 2. The maximum Gasteiger partial charge on any atom is 0.341 e. The topological polar surface area (TPSA) is 88.6 Å². The van der Waals surface area contributed by atoms with Crippen LogP contribution in [0.2, 0.25) is 0 Å². The number of hydrogen-bond acceptors (Lipinski definition) is 4. The van der Waals surface area contributed by atoms with E-state index in [1.165, 1.54) is 10.8 Å². The lowest BCUT2D eigenvalue weighted by molar-refractivity contribution is 0.0695. The first kappa shape index (κ1) is 17.6. The molecule has 2 aliphatic carbocycles. The minimum absolute atomic E-state index is 0.0166. The highest BCUT2D eigenvalue weighted by atomic mass is 19.1. The number of carbonyl (C=O) groups is 1. The predicted molar refractivity (Wildman–Crippen MR) is 99.8 cm³/mol. The van der Waals surface area contributed by atoms with Gasteiger partial charge in [0, 0.05) is 30.9 Å². The number of carboxylic acid groups (broad SMARTS) is 1. The molecule has 0 spiro atoms. The molecule has 0 amide bonds. The molecule has 3 fully saturated rings. The van der Waals surface area contributed by atoms with Crippen LogP contribution in [-0.2, 0) is 0 Å². The highest BCUT2D eigenvalue weighted by Gasteiger charge is 2.48. The Balaban J connectivity index is 1.72. The average Bonchev–Trinajstić information content (AvgIpc) is 3.32. The number of pyridine rings is 1. The number of hydrogen-bond donors (Lipinski definition) is 2. The summed E-state index contributed by atoms with van der Waals surface area (Å²) in [6.07, 6.45) is 5.52. The summed E-state index contributed by atoms with van der Waals surface area (Å²) >= 11 is 0. The molecule has 0 radical (unpaired) electrons. The Morgan fingerprint density at radius 2 is 2.04 bits per heavy atom. The third-order valence-corrected chi connectivity index (χ3v) is 6.60. The summed E-state index contributed by atoms with van der Waals surface area (Å²) in [7, 11) is 0. The minimum Gasteiger partial charge on any atom is -0.477 e. The van der Waals surface area contributed by atoms with Gasteiger partial charge in [0.2, 0.25) is 5.43 Å². The summed E-state index contributed by atoms with van der Waals surface area (Å²) in [4.78, 5) is 25.6. The molecule has 2 heterocycles. The molecule has 2 saturated carbocycles. The zero-order valence-corrected chi connectivity index (χ0v) is 15.3. The highest BCUT2D eigenvalue weighted by Crippen LogP contribution is 2.44. The van der Waals surface area contributed by atoms with Gasteiger partial charge in [0.15, 0.2) is 5.82 Å². The van der Waals surface area contributed by atoms with Crippen molar-refractivity contribution in [2.24, 2.45) is 11.7 Å². The predicted octanol–water partition coefficient (Wildman–Crippen LogP) is 2.63. The lowest BCUT2D eigenvalue weighted by Gasteiger charge is -2.25. The van der Waals surface area contributed by atoms with E-state index in [1.54, 1.807) is 4.90 Å². The van der Waals surface area contributed by atoms with Crippen LogP contribution in [-0.4, -0.2) is 34.3 Å². The summed E-state index contributed by atoms with van der Waals surface area (Å²) in [5.74, 6) is -2.86. The normalized spacial score (nSPS) is 26.8. The van der Waals surface area contributed by atoms with E-state index in [4.69, 9.17) is 5.73 Å². The van der Waals surface area contributed by atoms with E-state index in [2.05, 4.69) is 0 Å². The van der Waals surface area contributed by atoms with Gasteiger partial charge >= 0.3 is 5.97 Å². The summed E-state index contributed by atoms with van der Waals surface area (Å²) in [5.41, 5.74) is 4.52. The molecule has 28 heavy (non-hydrogen) atoms. The van der Waals surface area contributed by atoms with E-state index in [-0.39, 0.29) is 28.6 Å². The van der Waals surface area contributed by atoms with Gasteiger partial charge < -0.3 is 20.3 Å². The second-order valence-electron chi connectivity index (χ2n) is 8.44. The van der Waals surface area contributed by atoms with Crippen LogP contribution in [0.5, 0.6) is 0 Å². The largest absolute Gasteiger partial charge is 0.477 e. The number of rotatable bonds is 3. The number of aromatic carboxylic acids is 1. The molecule has 0 bridgehead atoms. The van der Waals surface area contributed by atoms with Crippen LogP contribution in [0.1, 0.15) is 48.5 Å². The highest BCUT2D eigenvalue weighted by molar-refractivity contribution is 5.94. The van der Waals surface area contributed by atoms with Crippen molar-refractivity contribution < 1.29 is 18.7 Å². The van der Waals surface area contributed by atoms with E-state index < -0.39 is 34.1 Å². The Morgan fingerprint density at radius 3 is 2.68 bits per heavy atom. The van der Waals surface area contributed by atoms with Crippen LogP contribution in [0.3, 0.4) is 0 Å². The number of nitrogens with zero attached hydrogens (tertiary/aromatic N) is 2. The Labute approximate surface area is 159 Å². The van der Waals surface area contributed by atoms with Crippen molar-refractivity contribution in [1.82, 2.24) is 4.57 Å². The number of halogens is 2. The van der Waals surface area contributed by atoms with Crippen LogP contribution in [0, 0.1) is 17.6 Å². The molecule has 2 unspecified atom stereocenters. The van der Waals surface area contributed by atoms with Gasteiger partial charge in [0.25, 0.3) is 0 Å². The van der Waals surface area contributed by atoms with Crippen molar-refractivity contribution in [3.63, 3.8) is 0 Å². The van der Waals surface area contributed by atoms with Crippen LogP contribution in [0.15, 0.2) is 17.1 Å². The minimum atomic E-state index is -1.40. The first-order valence-electron chi connectivity index (χ1n) is 9.64. The van der Waals surface area contributed by atoms with Gasteiger partial charge in [0.05, 0.1) is 10.9 Å². The third kappa shape index (κ3) is 2.40. The molecule has 1 aromatic heterocycles. The van der Waals surface area contributed by atoms with E-state index in [9.17, 15) is 19.1 Å². The molecule has 3 aliphatic rings. The second-order valence-corrected chi connectivity index (χ2v) is 8.44. The first-order valence-corrected chi connectivity index (χ1v) is 9.64. The Morgan fingerprint density at radius 1 is 1.29 bits per heavy atom. The monoisotopic (exact) mass is 389 g/mol. The maximum atomic E-state index is 15.6. The zero-order valence-electron chi connectivity index (χ0n) is 15.3. The maximum absolute atomic E-state index is 15.6. The third-order valence-electron chi connectivity index (χ3n) is 6.60. The quantitative estimate of drug-likeness (QED) is 0.843. The molecule has 1 saturated heterocycles. The van der Waals surface area contributed by atoms with Gasteiger partial charge in [-0.1, -0.05) is 6.42 Å². The molecular formula is C20H21F2N3O3. The number of carboxylic acids is 1. The lowest BCUT2D eigenvalue weighted by atomic mass is 9.92. The fraction of sp³-hybridized carbons (Fsp3) is 0.500. The molecule has 5 rings (SSSR count). The van der Waals surface area contributed by atoms with Crippen molar-refractivity contribution in [3.05, 3.63) is 39.7 Å². The number of aromatic nitrogens is 1. The van der Waals surface area contributed by atoms with Gasteiger partial charge in [-0.15, -0.1) is 0 Å². The Hall–Kier alpha value is -2.48. The smallest absolute Gasteiger partial charge is 0.341 e. The second kappa shape index (κ2) is 5.76. The Kier molecular flexibility index (Phi) is 3.62. The van der Waals surface area contributed by atoms with Crippen LogP contribution in [0.25, 0.3) is 10.9 Å².